The Morgan fingerprint density at radius 3 is 1.24 bits per heavy atom. The Balaban J connectivity index is 0.000000282. The Morgan fingerprint density at radius 2 is 0.898 bits per heavy atom. The first-order valence-electron chi connectivity index (χ1n) is 18.8. The lowest BCUT2D eigenvalue weighted by Gasteiger charge is -2.08. The summed E-state index contributed by atoms with van der Waals surface area (Å²) in [6.45, 7) is 7.90. The van der Waals surface area contributed by atoms with Crippen LogP contribution in [0.15, 0.2) is 153 Å². The summed E-state index contributed by atoms with van der Waals surface area (Å²) in [5.41, 5.74) is 4.99. The lowest BCUT2D eigenvalue weighted by atomic mass is 10.2. The van der Waals surface area contributed by atoms with Crippen LogP contribution in [-0.2, 0) is 44.8 Å². The SMILES string of the molecule is CC[n+]1ccsc1N=Nc1ccc(NCCCCCNc2ccc(N=Nc3scc[n+]3CC)cc2)cc1.O=S(=O)([O-])Cc1ccccc1.O=S(=O)([O-])Cc1ccccc1. The van der Waals surface area contributed by atoms with Crippen LogP contribution in [0.4, 0.5) is 33.0 Å². The van der Waals surface area contributed by atoms with Crippen LogP contribution in [0.25, 0.3) is 0 Å². The smallest absolute Gasteiger partial charge is 0.408 e. The minimum Gasteiger partial charge on any atom is -0.748 e. The Bertz CT molecular complexity index is 2220. The fourth-order valence-electron chi connectivity index (χ4n) is 5.18. The van der Waals surface area contributed by atoms with Gasteiger partial charge >= 0.3 is 10.3 Å². The van der Waals surface area contributed by atoms with E-state index < -0.39 is 31.7 Å². The molecule has 18 heteroatoms. The second kappa shape index (κ2) is 24.6. The maximum absolute atomic E-state index is 10.2. The van der Waals surface area contributed by atoms with Gasteiger partial charge in [-0.3, -0.25) is 0 Å². The van der Waals surface area contributed by atoms with E-state index >= 15 is 0 Å². The molecular weight excluding hydrogens is 829 g/mol. The molecule has 0 amide bonds. The highest BCUT2D eigenvalue weighted by atomic mass is 32.2. The number of nitrogens with zero attached hydrogens (tertiary/aromatic N) is 6. The van der Waals surface area contributed by atoms with Crippen molar-refractivity contribution in [1.82, 2.24) is 0 Å². The third-order valence-corrected chi connectivity index (χ3v) is 11.1. The van der Waals surface area contributed by atoms with E-state index in [0.29, 0.717) is 11.1 Å². The molecule has 0 radical (unpaired) electrons. The fraction of sp³-hybridized carbons (Fsp3) is 0.268. The molecule has 14 nitrogen and oxygen atoms in total. The summed E-state index contributed by atoms with van der Waals surface area (Å²) in [6, 6.07) is 33.0. The van der Waals surface area contributed by atoms with E-state index in [0.717, 1.165) is 78.5 Å². The standard InChI is InChI=1S/C27H32N8S2.2C7H8O3S/c1-3-34-18-20-36-26(34)32-30-24-12-8-22(9-13-24)28-16-6-5-7-17-29-23-10-14-25(15-11-23)31-33-27-35(4-2)19-21-37-27;2*8-11(9,10)6-7-4-2-1-3-5-7/h8-15,18-21H,3-7,16-17H2,1-2H3;2*1-5H,6H2,(H,8,9,10). The lowest BCUT2D eigenvalue weighted by molar-refractivity contribution is -0.677. The molecule has 0 aliphatic carbocycles. The Labute approximate surface area is 354 Å². The van der Waals surface area contributed by atoms with Crippen molar-refractivity contribution in [3.63, 3.8) is 0 Å². The van der Waals surface area contributed by atoms with Gasteiger partial charge in [0.25, 0.3) is 0 Å². The van der Waals surface area contributed by atoms with E-state index in [-0.39, 0.29) is 0 Å². The largest absolute Gasteiger partial charge is 0.748 e. The van der Waals surface area contributed by atoms with Gasteiger partial charge < -0.3 is 19.7 Å². The molecule has 0 fully saturated rings. The number of aryl methyl sites for hydroxylation is 2. The first-order chi connectivity index (χ1) is 28.4. The van der Waals surface area contributed by atoms with Crippen LogP contribution in [0.5, 0.6) is 0 Å². The van der Waals surface area contributed by atoms with E-state index in [1.54, 1.807) is 83.3 Å². The summed E-state index contributed by atoms with van der Waals surface area (Å²) in [6.07, 6.45) is 7.47. The number of aromatic nitrogens is 2. The van der Waals surface area contributed by atoms with Crippen molar-refractivity contribution >= 4 is 75.9 Å². The first-order valence-corrected chi connectivity index (χ1v) is 23.7. The molecule has 0 aliphatic rings. The van der Waals surface area contributed by atoms with Gasteiger partial charge in [0.05, 0.1) is 55.1 Å². The zero-order valence-electron chi connectivity index (χ0n) is 32.8. The molecule has 6 aromatic rings. The van der Waals surface area contributed by atoms with E-state index in [1.807, 2.05) is 47.4 Å². The van der Waals surface area contributed by atoms with Gasteiger partial charge in [-0.1, -0.05) is 60.7 Å². The predicted octanol–water partition coefficient (Wildman–Crippen LogP) is 9.41. The molecule has 59 heavy (non-hydrogen) atoms. The van der Waals surface area contributed by atoms with Crippen LogP contribution in [0.1, 0.15) is 44.2 Å². The average Bonchev–Trinajstić information content (AvgIpc) is 3.89. The quantitative estimate of drug-likeness (QED) is 0.0369. The first kappa shape index (κ1) is 46.4. The molecule has 312 valence electrons. The van der Waals surface area contributed by atoms with Crippen LogP contribution in [0.3, 0.4) is 0 Å². The second-order valence-electron chi connectivity index (χ2n) is 12.7. The Morgan fingerprint density at radius 1 is 0.525 bits per heavy atom. The van der Waals surface area contributed by atoms with Gasteiger partial charge in [-0.25, -0.2) is 26.0 Å². The molecule has 4 aromatic carbocycles. The fourth-order valence-corrected chi connectivity index (χ4v) is 7.86. The van der Waals surface area contributed by atoms with Crippen molar-refractivity contribution in [3.8, 4) is 0 Å². The van der Waals surface area contributed by atoms with Gasteiger partial charge in [0.2, 0.25) is 0 Å². The van der Waals surface area contributed by atoms with E-state index in [2.05, 4.69) is 78.3 Å². The second-order valence-corrected chi connectivity index (χ2v) is 17.3. The highest BCUT2D eigenvalue weighted by molar-refractivity contribution is 7.85. The third kappa shape index (κ3) is 18.9. The highest BCUT2D eigenvalue weighted by Crippen LogP contribution is 2.22. The maximum atomic E-state index is 10.2. The van der Waals surface area contributed by atoms with Crippen molar-refractivity contribution in [1.29, 1.82) is 0 Å². The summed E-state index contributed by atoms with van der Waals surface area (Å²) in [7, 11) is -8.25. The predicted molar refractivity (Wildman–Crippen MR) is 232 cm³/mol. The van der Waals surface area contributed by atoms with Crippen LogP contribution < -0.4 is 19.8 Å². The van der Waals surface area contributed by atoms with Crippen LogP contribution in [-0.4, -0.2) is 39.0 Å². The lowest BCUT2D eigenvalue weighted by Crippen LogP contribution is -2.28. The minimum absolute atomic E-state index is 0.423. The molecule has 0 atom stereocenters. The molecule has 2 N–H and O–H groups in total. The van der Waals surface area contributed by atoms with E-state index in [1.165, 1.54) is 0 Å². The van der Waals surface area contributed by atoms with Gasteiger partial charge in [0, 0.05) is 35.2 Å². The molecule has 0 spiro atoms. The number of hydrogen-bond acceptors (Lipinski definition) is 14. The number of hydrogen-bond donors (Lipinski definition) is 2. The van der Waals surface area contributed by atoms with E-state index in [9.17, 15) is 25.9 Å². The molecule has 6 rings (SSSR count). The molecule has 2 heterocycles. The number of nitrogens with one attached hydrogen (secondary N) is 2. The van der Waals surface area contributed by atoms with E-state index in [4.69, 9.17) is 0 Å². The molecule has 0 bridgehead atoms. The van der Waals surface area contributed by atoms with Crippen molar-refractivity contribution in [2.45, 2.75) is 57.7 Å². The normalized spacial score (nSPS) is 11.5. The van der Waals surface area contributed by atoms with Crippen molar-refractivity contribution in [2.24, 2.45) is 20.5 Å². The number of anilines is 2. The molecule has 0 saturated carbocycles. The summed E-state index contributed by atoms with van der Waals surface area (Å²) in [5, 5.41) is 30.3. The van der Waals surface area contributed by atoms with Crippen molar-refractivity contribution < 1.29 is 35.1 Å². The topological polar surface area (TPSA) is 196 Å². The van der Waals surface area contributed by atoms with Gasteiger partial charge in [0.1, 0.15) is 23.8 Å². The van der Waals surface area contributed by atoms with Crippen LogP contribution in [0, 0.1) is 0 Å². The number of thiazole rings is 2. The number of unbranched alkanes of at least 4 members (excludes halogenated alkanes) is 2. The number of benzene rings is 4. The van der Waals surface area contributed by atoms with Crippen LogP contribution in [0.2, 0.25) is 0 Å². The summed E-state index contributed by atoms with van der Waals surface area (Å²) in [4.78, 5) is 0. The monoisotopic (exact) mass is 876 g/mol. The molecule has 0 saturated heterocycles. The van der Waals surface area contributed by atoms with Crippen molar-refractivity contribution in [2.75, 3.05) is 23.7 Å². The average molecular weight is 877 g/mol. The molecule has 2 aromatic heterocycles. The Kier molecular flexibility index (Phi) is 19.4. The summed E-state index contributed by atoms with van der Waals surface area (Å²) >= 11 is 3.19. The van der Waals surface area contributed by atoms with Gasteiger partial charge in [-0.15, -0.1) is 0 Å². The molecular formula is C41H48N8O6S4. The maximum Gasteiger partial charge on any atom is 0.408 e. The minimum atomic E-state index is -4.13. The van der Waals surface area contributed by atoms with Gasteiger partial charge in [0.15, 0.2) is 0 Å². The van der Waals surface area contributed by atoms with Gasteiger partial charge in [-0.2, -0.15) is 0 Å². The molecule has 0 unspecified atom stereocenters. The zero-order chi connectivity index (χ0) is 42.4. The number of azo groups is 2. The van der Waals surface area contributed by atoms with Crippen molar-refractivity contribution in [3.05, 3.63) is 143 Å². The third-order valence-electron chi connectivity index (χ3n) is 8.12. The zero-order valence-corrected chi connectivity index (χ0v) is 36.1. The summed E-state index contributed by atoms with van der Waals surface area (Å²) < 4.78 is 65.6. The number of rotatable bonds is 18. The van der Waals surface area contributed by atoms with Crippen LogP contribution >= 0.6 is 22.7 Å². The van der Waals surface area contributed by atoms with Gasteiger partial charge in [-0.05, 0) is 126 Å². The Hall–Kier alpha value is -5.24. The highest BCUT2D eigenvalue weighted by Gasteiger charge is 2.10. The molecule has 0 aliphatic heterocycles. The summed E-state index contributed by atoms with van der Waals surface area (Å²) in [5.74, 6) is -0.846.